The van der Waals surface area contributed by atoms with E-state index in [1.54, 1.807) is 6.07 Å². The largest absolute Gasteiger partial charge is 0.391 e. The number of benzene rings is 1. The van der Waals surface area contributed by atoms with Gasteiger partial charge in [0.1, 0.15) is 5.82 Å². The van der Waals surface area contributed by atoms with Crippen LogP contribution in [0.3, 0.4) is 0 Å². The van der Waals surface area contributed by atoms with E-state index in [1.807, 2.05) is 0 Å². The molecule has 1 amide bonds. The molecular formula is C11H11BrFNO2. The van der Waals surface area contributed by atoms with Crippen LogP contribution in [0.15, 0.2) is 22.7 Å². The Labute approximate surface area is 101 Å². The van der Waals surface area contributed by atoms with Crippen LogP contribution in [-0.2, 0) is 0 Å². The number of aliphatic hydroxyl groups is 1. The summed E-state index contributed by atoms with van der Waals surface area (Å²) in [5.41, 5.74) is 0.315. The molecule has 86 valence electrons. The summed E-state index contributed by atoms with van der Waals surface area (Å²) in [5.74, 6) is -0.687. The molecule has 1 aliphatic heterocycles. The number of aliphatic hydroxyl groups excluding tert-OH is 1. The first-order valence-corrected chi connectivity index (χ1v) is 5.79. The topological polar surface area (TPSA) is 40.5 Å². The number of nitrogens with zero attached hydrogens (tertiary/aromatic N) is 1. The number of amides is 1. The van der Waals surface area contributed by atoms with Crippen molar-refractivity contribution in [3.8, 4) is 0 Å². The number of β-amino-alcohol motifs (C(OH)–C–C–N with tert-alkyl or cyclic N) is 1. The zero-order valence-corrected chi connectivity index (χ0v) is 10.1. The van der Waals surface area contributed by atoms with Gasteiger partial charge in [0, 0.05) is 18.7 Å². The van der Waals surface area contributed by atoms with Crippen LogP contribution in [0.5, 0.6) is 0 Å². The van der Waals surface area contributed by atoms with Crippen molar-refractivity contribution in [2.24, 2.45) is 0 Å². The van der Waals surface area contributed by atoms with E-state index >= 15 is 0 Å². The molecule has 0 bridgehead atoms. The van der Waals surface area contributed by atoms with Crippen LogP contribution in [0.4, 0.5) is 4.39 Å². The predicted molar refractivity (Wildman–Crippen MR) is 60.6 cm³/mol. The maximum atomic E-state index is 13.2. The Balaban J connectivity index is 2.18. The van der Waals surface area contributed by atoms with Gasteiger partial charge in [-0.25, -0.2) is 4.39 Å². The maximum absolute atomic E-state index is 13.2. The number of hydrogen-bond donors (Lipinski definition) is 1. The van der Waals surface area contributed by atoms with Crippen LogP contribution < -0.4 is 0 Å². The van der Waals surface area contributed by atoms with Crippen molar-refractivity contribution in [1.29, 1.82) is 0 Å². The van der Waals surface area contributed by atoms with Gasteiger partial charge < -0.3 is 10.0 Å². The van der Waals surface area contributed by atoms with Gasteiger partial charge in [0.15, 0.2) is 0 Å². The van der Waals surface area contributed by atoms with E-state index in [4.69, 9.17) is 0 Å². The molecule has 1 atom stereocenters. The highest BCUT2D eigenvalue weighted by atomic mass is 79.9. The summed E-state index contributed by atoms with van der Waals surface area (Å²) in [6, 6.07) is 4.28. The molecule has 1 heterocycles. The fourth-order valence-corrected chi connectivity index (χ4v) is 1.98. The summed E-state index contributed by atoms with van der Waals surface area (Å²) in [4.78, 5) is 13.4. The molecule has 1 aromatic rings. The third-order valence-electron chi connectivity index (χ3n) is 2.62. The molecule has 1 N–H and O–H groups in total. The average molecular weight is 288 g/mol. The highest BCUT2D eigenvalue weighted by Crippen LogP contribution is 2.19. The molecule has 1 fully saturated rings. The monoisotopic (exact) mass is 287 g/mol. The smallest absolute Gasteiger partial charge is 0.254 e. The second kappa shape index (κ2) is 4.51. The Kier molecular flexibility index (Phi) is 3.25. The first-order valence-electron chi connectivity index (χ1n) is 5.00. The highest BCUT2D eigenvalue weighted by Gasteiger charge is 2.25. The summed E-state index contributed by atoms with van der Waals surface area (Å²) in [7, 11) is 0. The van der Waals surface area contributed by atoms with Crippen LogP contribution >= 0.6 is 15.9 Å². The van der Waals surface area contributed by atoms with Crippen molar-refractivity contribution in [3.05, 3.63) is 34.1 Å². The van der Waals surface area contributed by atoms with Gasteiger partial charge in [-0.15, -0.1) is 0 Å². The molecule has 5 heteroatoms. The minimum absolute atomic E-state index is 0.233. The fourth-order valence-electron chi connectivity index (χ4n) is 1.74. The maximum Gasteiger partial charge on any atom is 0.254 e. The van der Waals surface area contributed by atoms with Gasteiger partial charge in [-0.2, -0.15) is 0 Å². The zero-order chi connectivity index (χ0) is 11.7. The van der Waals surface area contributed by atoms with Gasteiger partial charge in [0.05, 0.1) is 10.6 Å². The normalized spacial score (nSPS) is 20.2. The Morgan fingerprint density at radius 1 is 1.56 bits per heavy atom. The van der Waals surface area contributed by atoms with Gasteiger partial charge in [-0.3, -0.25) is 4.79 Å². The van der Waals surface area contributed by atoms with Gasteiger partial charge >= 0.3 is 0 Å². The first-order chi connectivity index (χ1) is 7.58. The van der Waals surface area contributed by atoms with E-state index in [2.05, 4.69) is 15.9 Å². The predicted octanol–water partition coefficient (Wildman–Crippen LogP) is 1.79. The van der Waals surface area contributed by atoms with E-state index in [0.29, 0.717) is 29.5 Å². The number of carbonyl (C=O) groups is 1. The van der Waals surface area contributed by atoms with Gasteiger partial charge in [0.2, 0.25) is 0 Å². The van der Waals surface area contributed by atoms with Crippen molar-refractivity contribution in [2.45, 2.75) is 12.5 Å². The molecule has 1 aliphatic rings. The molecule has 1 aromatic carbocycles. The molecule has 3 nitrogen and oxygen atoms in total. The number of likely N-dealkylation sites (tertiary alicyclic amines) is 1. The Bertz CT molecular complexity index is 424. The molecule has 0 spiro atoms. The molecule has 16 heavy (non-hydrogen) atoms. The summed E-state index contributed by atoms with van der Waals surface area (Å²) >= 11 is 3.03. The Morgan fingerprint density at radius 3 is 2.88 bits per heavy atom. The zero-order valence-electron chi connectivity index (χ0n) is 8.49. The molecule has 2 rings (SSSR count). The quantitative estimate of drug-likeness (QED) is 0.856. The lowest BCUT2D eigenvalue weighted by atomic mass is 10.2. The van der Waals surface area contributed by atoms with Crippen molar-refractivity contribution in [3.63, 3.8) is 0 Å². The molecular weight excluding hydrogens is 277 g/mol. The van der Waals surface area contributed by atoms with Gasteiger partial charge in [-0.05, 0) is 40.5 Å². The van der Waals surface area contributed by atoms with E-state index in [0.717, 1.165) is 0 Å². The Morgan fingerprint density at radius 2 is 2.31 bits per heavy atom. The SMILES string of the molecule is O=C(c1ccc(Br)c(F)c1)N1CCC(O)C1. The van der Waals surface area contributed by atoms with E-state index in [9.17, 15) is 14.3 Å². The van der Waals surface area contributed by atoms with Crippen molar-refractivity contribution in [2.75, 3.05) is 13.1 Å². The van der Waals surface area contributed by atoms with Gasteiger partial charge in [0.25, 0.3) is 5.91 Å². The summed E-state index contributed by atoms with van der Waals surface area (Å²) < 4.78 is 13.6. The first kappa shape index (κ1) is 11.5. The third kappa shape index (κ3) is 2.25. The molecule has 0 aliphatic carbocycles. The summed E-state index contributed by atoms with van der Waals surface area (Å²) in [5, 5.41) is 9.32. The highest BCUT2D eigenvalue weighted by molar-refractivity contribution is 9.10. The second-order valence-electron chi connectivity index (χ2n) is 3.82. The van der Waals surface area contributed by atoms with Crippen LogP contribution in [0.2, 0.25) is 0 Å². The summed E-state index contributed by atoms with van der Waals surface area (Å²) in [6.07, 6.45) is 0.134. The fraction of sp³-hybridized carbons (Fsp3) is 0.364. The van der Waals surface area contributed by atoms with Crippen LogP contribution in [-0.4, -0.2) is 35.1 Å². The molecule has 0 radical (unpaired) electrons. The summed E-state index contributed by atoms with van der Waals surface area (Å²) in [6.45, 7) is 0.855. The lowest BCUT2D eigenvalue weighted by molar-refractivity contribution is 0.0764. The minimum Gasteiger partial charge on any atom is -0.391 e. The molecule has 1 unspecified atom stereocenters. The number of hydrogen-bond acceptors (Lipinski definition) is 2. The lowest BCUT2D eigenvalue weighted by Crippen LogP contribution is -2.29. The standard InChI is InChI=1S/C11H11BrFNO2/c12-9-2-1-7(5-10(9)13)11(16)14-4-3-8(15)6-14/h1-2,5,8,15H,3-4,6H2. The Hall–Kier alpha value is -0.940. The van der Waals surface area contributed by atoms with E-state index < -0.39 is 11.9 Å². The van der Waals surface area contributed by atoms with Crippen molar-refractivity contribution in [1.82, 2.24) is 4.90 Å². The van der Waals surface area contributed by atoms with Crippen LogP contribution in [0.1, 0.15) is 16.8 Å². The average Bonchev–Trinajstić information content (AvgIpc) is 2.68. The second-order valence-corrected chi connectivity index (χ2v) is 4.68. The third-order valence-corrected chi connectivity index (χ3v) is 3.26. The molecule has 0 aromatic heterocycles. The number of halogens is 2. The number of rotatable bonds is 1. The van der Waals surface area contributed by atoms with Crippen LogP contribution in [0.25, 0.3) is 0 Å². The van der Waals surface area contributed by atoms with Crippen LogP contribution in [0, 0.1) is 5.82 Å². The van der Waals surface area contributed by atoms with E-state index in [1.165, 1.54) is 17.0 Å². The minimum atomic E-state index is -0.454. The lowest BCUT2D eigenvalue weighted by Gasteiger charge is -2.15. The van der Waals surface area contributed by atoms with Gasteiger partial charge in [-0.1, -0.05) is 0 Å². The molecule has 1 saturated heterocycles. The number of carbonyl (C=O) groups excluding carboxylic acids is 1. The van der Waals surface area contributed by atoms with Crippen molar-refractivity contribution >= 4 is 21.8 Å². The van der Waals surface area contributed by atoms with E-state index in [-0.39, 0.29) is 5.91 Å². The van der Waals surface area contributed by atoms with Crippen molar-refractivity contribution < 1.29 is 14.3 Å². The molecule has 0 saturated carbocycles.